The Hall–Kier alpha value is -1.15. The standard InChI is InChI=1S/C19H32N4O3S/c1-18(2,3)27(24,25)20-12-13-4-6-15(7-5-13)21-17-22-16(23-26-17)14-10-19(11-14)8-9-19/h13-15,20H,4-12H2,1-3H3,(H,21,22,23)/t13-,15-. The van der Waals surface area contributed by atoms with Gasteiger partial charge in [-0.25, -0.2) is 13.1 Å². The molecule has 1 spiro atoms. The van der Waals surface area contributed by atoms with Crippen LogP contribution in [0.1, 0.15) is 83.9 Å². The molecule has 1 heterocycles. The SMILES string of the molecule is CC(C)(C)S(=O)(=O)NC[C@H]1CC[C@H](Nc2nc(C3CC4(CC4)C3)no2)CC1. The summed E-state index contributed by atoms with van der Waals surface area (Å²) in [5.41, 5.74) is 0.645. The third-order valence-electron chi connectivity index (χ3n) is 6.67. The molecule has 0 aromatic carbocycles. The Bertz CT molecular complexity index is 763. The second kappa shape index (κ2) is 6.72. The van der Waals surface area contributed by atoms with Crippen molar-refractivity contribution in [2.24, 2.45) is 11.3 Å². The van der Waals surface area contributed by atoms with Gasteiger partial charge in [0.15, 0.2) is 5.82 Å². The lowest BCUT2D eigenvalue weighted by Gasteiger charge is -2.33. The smallest absolute Gasteiger partial charge is 0.321 e. The predicted octanol–water partition coefficient (Wildman–Crippen LogP) is 3.42. The van der Waals surface area contributed by atoms with Gasteiger partial charge >= 0.3 is 6.01 Å². The summed E-state index contributed by atoms with van der Waals surface area (Å²) >= 11 is 0. The Labute approximate surface area is 162 Å². The zero-order valence-electron chi connectivity index (χ0n) is 16.6. The fourth-order valence-electron chi connectivity index (χ4n) is 4.34. The average Bonchev–Trinajstić information content (AvgIpc) is 3.25. The minimum atomic E-state index is -3.26. The van der Waals surface area contributed by atoms with E-state index in [1.54, 1.807) is 20.8 Å². The van der Waals surface area contributed by atoms with Crippen molar-refractivity contribution in [2.75, 3.05) is 11.9 Å². The zero-order chi connectivity index (χ0) is 19.3. The van der Waals surface area contributed by atoms with Crippen LogP contribution in [0.25, 0.3) is 0 Å². The van der Waals surface area contributed by atoms with Crippen molar-refractivity contribution in [1.29, 1.82) is 0 Å². The van der Waals surface area contributed by atoms with Gasteiger partial charge in [0.2, 0.25) is 10.0 Å². The maximum atomic E-state index is 12.2. The number of nitrogens with zero attached hydrogens (tertiary/aromatic N) is 2. The number of hydrogen-bond acceptors (Lipinski definition) is 6. The molecule has 2 N–H and O–H groups in total. The van der Waals surface area contributed by atoms with E-state index in [2.05, 4.69) is 20.2 Å². The van der Waals surface area contributed by atoms with Gasteiger partial charge in [-0.1, -0.05) is 5.16 Å². The molecule has 7 nitrogen and oxygen atoms in total. The molecule has 3 saturated carbocycles. The highest BCUT2D eigenvalue weighted by Gasteiger charge is 2.54. The fraction of sp³-hybridized carbons (Fsp3) is 0.895. The first-order chi connectivity index (χ1) is 12.7. The molecule has 0 amide bonds. The van der Waals surface area contributed by atoms with Gasteiger partial charge in [-0.15, -0.1) is 0 Å². The van der Waals surface area contributed by atoms with Gasteiger partial charge < -0.3 is 9.84 Å². The van der Waals surface area contributed by atoms with Crippen LogP contribution in [-0.2, 0) is 10.0 Å². The minimum absolute atomic E-state index is 0.324. The summed E-state index contributed by atoms with van der Waals surface area (Å²) in [4.78, 5) is 4.55. The monoisotopic (exact) mass is 396 g/mol. The molecular weight excluding hydrogens is 364 g/mol. The van der Waals surface area contributed by atoms with Gasteiger partial charge in [0.25, 0.3) is 0 Å². The molecular formula is C19H32N4O3S. The minimum Gasteiger partial charge on any atom is -0.335 e. The maximum Gasteiger partial charge on any atom is 0.321 e. The second-order valence-corrected chi connectivity index (χ2v) is 12.4. The Morgan fingerprint density at radius 3 is 2.41 bits per heavy atom. The molecule has 1 aromatic rings. The summed E-state index contributed by atoms with van der Waals surface area (Å²) in [6.45, 7) is 5.70. The molecule has 4 rings (SSSR count). The van der Waals surface area contributed by atoms with E-state index in [1.165, 1.54) is 25.7 Å². The van der Waals surface area contributed by atoms with Crippen molar-refractivity contribution in [3.63, 3.8) is 0 Å². The molecule has 3 aliphatic carbocycles. The first-order valence-electron chi connectivity index (χ1n) is 10.3. The van der Waals surface area contributed by atoms with E-state index in [1.807, 2.05) is 0 Å². The normalized spacial score (nSPS) is 28.1. The summed E-state index contributed by atoms with van der Waals surface area (Å²) in [5, 5.41) is 7.54. The molecule has 3 aliphatic rings. The number of anilines is 1. The zero-order valence-corrected chi connectivity index (χ0v) is 17.4. The third-order valence-corrected chi connectivity index (χ3v) is 8.82. The third kappa shape index (κ3) is 4.16. The predicted molar refractivity (Wildman–Crippen MR) is 104 cm³/mol. The van der Waals surface area contributed by atoms with Crippen LogP contribution in [0.4, 0.5) is 6.01 Å². The van der Waals surface area contributed by atoms with Gasteiger partial charge in [0.1, 0.15) is 0 Å². The molecule has 0 radical (unpaired) electrons. The van der Waals surface area contributed by atoms with Crippen LogP contribution in [0.5, 0.6) is 0 Å². The van der Waals surface area contributed by atoms with Crippen molar-refractivity contribution < 1.29 is 12.9 Å². The highest BCUT2D eigenvalue weighted by Crippen LogP contribution is 2.65. The Morgan fingerprint density at radius 2 is 1.81 bits per heavy atom. The first kappa shape index (κ1) is 19.2. The highest BCUT2D eigenvalue weighted by molar-refractivity contribution is 7.90. The van der Waals surface area contributed by atoms with Crippen LogP contribution < -0.4 is 10.0 Å². The highest BCUT2D eigenvalue weighted by atomic mass is 32.2. The van der Waals surface area contributed by atoms with Gasteiger partial charge in [0.05, 0.1) is 4.75 Å². The van der Waals surface area contributed by atoms with E-state index in [4.69, 9.17) is 4.52 Å². The lowest BCUT2D eigenvalue weighted by atomic mass is 9.71. The molecule has 0 atom stereocenters. The summed E-state index contributed by atoms with van der Waals surface area (Å²) in [5.74, 6) is 1.74. The number of aromatic nitrogens is 2. The lowest BCUT2D eigenvalue weighted by molar-refractivity contribution is 0.224. The molecule has 1 aromatic heterocycles. The Balaban J connectivity index is 1.20. The van der Waals surface area contributed by atoms with Crippen LogP contribution in [-0.4, -0.2) is 35.9 Å². The van der Waals surface area contributed by atoms with Crippen LogP contribution in [0.15, 0.2) is 4.52 Å². The molecule has 0 bridgehead atoms. The molecule has 0 aliphatic heterocycles. The number of nitrogens with one attached hydrogen (secondary N) is 2. The topological polar surface area (TPSA) is 97.1 Å². The van der Waals surface area contributed by atoms with Crippen molar-refractivity contribution >= 4 is 16.0 Å². The van der Waals surface area contributed by atoms with Crippen LogP contribution >= 0.6 is 0 Å². The first-order valence-corrected chi connectivity index (χ1v) is 11.7. The maximum absolute atomic E-state index is 12.2. The molecule has 0 saturated heterocycles. The largest absolute Gasteiger partial charge is 0.335 e. The lowest BCUT2D eigenvalue weighted by Crippen LogP contribution is -2.42. The Morgan fingerprint density at radius 1 is 1.15 bits per heavy atom. The van der Waals surface area contributed by atoms with E-state index in [9.17, 15) is 8.42 Å². The number of sulfonamides is 1. The molecule has 3 fully saturated rings. The molecule has 152 valence electrons. The van der Waals surface area contributed by atoms with Crippen LogP contribution in [0.3, 0.4) is 0 Å². The second-order valence-electron chi connectivity index (χ2n) is 9.89. The molecule has 8 heteroatoms. The van der Waals surface area contributed by atoms with Gasteiger partial charge in [0, 0.05) is 18.5 Å². The van der Waals surface area contributed by atoms with Gasteiger partial charge in [-0.05, 0) is 83.5 Å². The van der Waals surface area contributed by atoms with Gasteiger partial charge in [-0.2, -0.15) is 4.98 Å². The van der Waals surface area contributed by atoms with E-state index >= 15 is 0 Å². The van der Waals surface area contributed by atoms with Crippen LogP contribution in [0.2, 0.25) is 0 Å². The van der Waals surface area contributed by atoms with E-state index in [0.717, 1.165) is 31.5 Å². The van der Waals surface area contributed by atoms with Crippen molar-refractivity contribution in [1.82, 2.24) is 14.9 Å². The van der Waals surface area contributed by atoms with Crippen molar-refractivity contribution in [3.8, 4) is 0 Å². The number of hydrogen-bond donors (Lipinski definition) is 2. The molecule has 27 heavy (non-hydrogen) atoms. The van der Waals surface area contributed by atoms with E-state index in [0.29, 0.717) is 35.9 Å². The van der Waals surface area contributed by atoms with E-state index < -0.39 is 14.8 Å². The quantitative estimate of drug-likeness (QED) is 0.765. The fourth-order valence-corrected chi connectivity index (χ4v) is 5.23. The summed E-state index contributed by atoms with van der Waals surface area (Å²) in [6.07, 6.45) is 9.18. The van der Waals surface area contributed by atoms with Crippen molar-refractivity contribution in [3.05, 3.63) is 5.82 Å². The number of rotatable bonds is 6. The molecule has 0 unspecified atom stereocenters. The summed E-state index contributed by atoms with van der Waals surface area (Å²) in [7, 11) is -3.26. The Kier molecular flexibility index (Phi) is 4.78. The average molecular weight is 397 g/mol. The summed E-state index contributed by atoms with van der Waals surface area (Å²) < 4.78 is 31.8. The van der Waals surface area contributed by atoms with Crippen LogP contribution in [0, 0.1) is 11.3 Å². The van der Waals surface area contributed by atoms with Gasteiger partial charge in [-0.3, -0.25) is 0 Å². The van der Waals surface area contributed by atoms with Crippen molar-refractivity contribution in [2.45, 2.75) is 88.8 Å². The summed E-state index contributed by atoms with van der Waals surface area (Å²) in [6, 6.07) is 0.864. The van der Waals surface area contributed by atoms with E-state index in [-0.39, 0.29) is 0 Å².